The van der Waals surface area contributed by atoms with Gasteiger partial charge >= 0.3 is 5.97 Å². The molecule has 56 heavy (non-hydrogen) atoms. The van der Waals surface area contributed by atoms with E-state index in [-0.39, 0.29) is 18.5 Å². The number of carbonyl (C=O) groups excluding carboxylic acids is 1. The summed E-state index contributed by atoms with van der Waals surface area (Å²) in [7, 11) is 2.73. The first kappa shape index (κ1) is 43.7. The Morgan fingerprint density at radius 1 is 0.857 bits per heavy atom. The van der Waals surface area contributed by atoms with Gasteiger partial charge in [-0.15, -0.1) is 0 Å². The lowest BCUT2D eigenvalue weighted by Crippen LogP contribution is -2.47. The molecule has 1 aliphatic carbocycles. The standard InChI is InChI=1S/C40H63BN6O7Si2/c1-49-18-20-53-39(48)40(54-21-19-50-2)16-14-31(15-17-40)36-35(41)38(45(29-51-22-24-55(3,4)5)30-52-23-25-56(6,7)8)47-37(44-36)34(27-43-47)32-26-42-46(28-32)33-12-10-9-11-13-33/h9-13,26-28,31H,14-25,29-30,41H2,1-8H3. The van der Waals surface area contributed by atoms with E-state index in [0.717, 1.165) is 51.5 Å². The minimum Gasteiger partial charge on any atom is -0.461 e. The quantitative estimate of drug-likeness (QED) is 0.0432. The SMILES string of the molecule is Bc1c(C2CCC(OCCOC)(C(=O)OCCOC)CC2)nc2c(-c3cnn(-c4ccccc4)c3)cnn2c1N(COCC[Si](C)(C)C)COCC[Si](C)(C)C. The predicted molar refractivity (Wildman–Crippen MR) is 229 cm³/mol. The van der Waals surface area contributed by atoms with Gasteiger partial charge in [0, 0.05) is 72.5 Å². The molecule has 0 spiro atoms. The Kier molecular flexibility index (Phi) is 15.5. The molecule has 0 amide bonds. The number of benzene rings is 1. The van der Waals surface area contributed by atoms with E-state index in [9.17, 15) is 4.79 Å². The zero-order valence-electron chi connectivity index (χ0n) is 35.1. The topological polar surface area (TPSA) is 124 Å². The smallest absolute Gasteiger partial charge is 0.338 e. The van der Waals surface area contributed by atoms with Crippen molar-refractivity contribution in [2.75, 3.05) is 72.2 Å². The normalized spacial score (nSPS) is 17.8. The molecule has 3 heterocycles. The van der Waals surface area contributed by atoms with Crippen molar-refractivity contribution in [1.82, 2.24) is 24.4 Å². The Hall–Kier alpha value is -3.38. The molecule has 1 fully saturated rings. The maximum Gasteiger partial charge on any atom is 0.338 e. The number of anilines is 1. The van der Waals surface area contributed by atoms with E-state index >= 15 is 0 Å². The van der Waals surface area contributed by atoms with Crippen LogP contribution in [-0.4, -0.2) is 127 Å². The third-order valence-electron chi connectivity index (χ3n) is 10.3. The highest BCUT2D eigenvalue weighted by Crippen LogP contribution is 2.41. The molecular weight excluding hydrogens is 743 g/mol. The summed E-state index contributed by atoms with van der Waals surface area (Å²) in [5.41, 5.74) is 4.41. The van der Waals surface area contributed by atoms with Gasteiger partial charge in [-0.05, 0) is 55.4 Å². The zero-order valence-corrected chi connectivity index (χ0v) is 37.1. The largest absolute Gasteiger partial charge is 0.461 e. The number of para-hydroxylation sites is 1. The first-order valence-corrected chi connectivity index (χ1v) is 27.3. The van der Waals surface area contributed by atoms with Gasteiger partial charge in [-0.3, -0.25) is 0 Å². The van der Waals surface area contributed by atoms with Crippen LogP contribution in [0.1, 0.15) is 37.3 Å². The molecule has 13 nitrogen and oxygen atoms in total. The molecule has 5 rings (SSSR count). The Morgan fingerprint density at radius 2 is 1.48 bits per heavy atom. The summed E-state index contributed by atoms with van der Waals surface area (Å²) in [4.78, 5) is 21.1. The van der Waals surface area contributed by atoms with E-state index in [4.69, 9.17) is 43.6 Å². The number of methoxy groups -OCH3 is 2. The summed E-state index contributed by atoms with van der Waals surface area (Å²) in [5, 5.41) is 9.68. The average molecular weight is 807 g/mol. The first-order chi connectivity index (χ1) is 26.7. The number of ether oxygens (including phenoxy) is 6. The Bertz CT molecular complexity index is 1820. The molecule has 306 valence electrons. The second-order valence-electron chi connectivity index (χ2n) is 17.2. The maximum atomic E-state index is 13.6. The van der Waals surface area contributed by atoms with Crippen molar-refractivity contribution in [2.45, 2.75) is 88.6 Å². The second-order valence-corrected chi connectivity index (χ2v) is 28.5. The van der Waals surface area contributed by atoms with Crippen LogP contribution in [0.3, 0.4) is 0 Å². The van der Waals surface area contributed by atoms with Crippen molar-refractivity contribution in [2.24, 2.45) is 0 Å². The van der Waals surface area contributed by atoms with Crippen LogP contribution in [0.15, 0.2) is 48.9 Å². The lowest BCUT2D eigenvalue weighted by molar-refractivity contribution is -0.180. The predicted octanol–water partition coefficient (Wildman–Crippen LogP) is 5.52. The number of fused-ring (bicyclic) bond motifs is 1. The number of hydrogen-bond donors (Lipinski definition) is 0. The van der Waals surface area contributed by atoms with E-state index in [1.807, 2.05) is 58.1 Å². The third kappa shape index (κ3) is 11.6. The Balaban J connectivity index is 1.54. The fourth-order valence-electron chi connectivity index (χ4n) is 6.93. The van der Waals surface area contributed by atoms with Crippen molar-refractivity contribution in [3.05, 3.63) is 54.6 Å². The minimum absolute atomic E-state index is 0.0573. The van der Waals surface area contributed by atoms with Gasteiger partial charge in [0.2, 0.25) is 0 Å². The summed E-state index contributed by atoms with van der Waals surface area (Å²) >= 11 is 0. The zero-order chi connectivity index (χ0) is 40.3. The molecule has 0 bridgehead atoms. The molecule has 0 saturated heterocycles. The molecule has 1 aliphatic rings. The van der Waals surface area contributed by atoms with Crippen molar-refractivity contribution in [1.29, 1.82) is 0 Å². The fraction of sp³-hybridized carbons (Fsp3) is 0.600. The highest BCUT2D eigenvalue weighted by molar-refractivity contribution is 6.76. The van der Waals surface area contributed by atoms with E-state index in [1.54, 1.807) is 14.2 Å². The molecule has 0 unspecified atom stereocenters. The molecule has 0 N–H and O–H groups in total. The lowest BCUT2D eigenvalue weighted by atomic mass is 9.74. The summed E-state index contributed by atoms with van der Waals surface area (Å²) in [6.45, 7) is 17.4. The van der Waals surface area contributed by atoms with Crippen molar-refractivity contribution in [3.8, 4) is 16.8 Å². The van der Waals surface area contributed by atoms with Gasteiger partial charge in [0.15, 0.2) is 11.2 Å². The molecule has 0 atom stereocenters. The number of esters is 1. The van der Waals surface area contributed by atoms with Crippen molar-refractivity contribution < 1.29 is 33.2 Å². The van der Waals surface area contributed by atoms with Crippen LogP contribution in [-0.2, 0) is 33.2 Å². The summed E-state index contributed by atoms with van der Waals surface area (Å²) in [6, 6.07) is 12.2. The van der Waals surface area contributed by atoms with Crippen molar-refractivity contribution in [3.63, 3.8) is 0 Å². The van der Waals surface area contributed by atoms with Gasteiger partial charge in [-0.25, -0.2) is 14.5 Å². The van der Waals surface area contributed by atoms with E-state index < -0.39 is 21.7 Å². The highest BCUT2D eigenvalue weighted by Gasteiger charge is 2.45. The summed E-state index contributed by atoms with van der Waals surface area (Å²) in [5.74, 6) is 0.595. The molecule has 4 aromatic rings. The molecular formula is C40H63BN6O7Si2. The molecule has 1 aromatic carbocycles. The summed E-state index contributed by atoms with van der Waals surface area (Å²) in [6.07, 6.45) is 8.12. The first-order valence-electron chi connectivity index (χ1n) is 19.9. The molecule has 1 saturated carbocycles. The fourth-order valence-corrected chi connectivity index (χ4v) is 8.45. The van der Waals surface area contributed by atoms with E-state index in [0.29, 0.717) is 72.2 Å². The number of hydrogen-bond acceptors (Lipinski definition) is 11. The van der Waals surface area contributed by atoms with Gasteiger partial charge in [0.25, 0.3) is 0 Å². The second kappa shape index (κ2) is 19.9. The number of aromatic nitrogens is 5. The molecule has 0 aliphatic heterocycles. The van der Waals surface area contributed by atoms with Crippen LogP contribution in [0, 0.1) is 0 Å². The van der Waals surface area contributed by atoms with Crippen LogP contribution in [0.25, 0.3) is 22.5 Å². The number of nitrogens with zero attached hydrogens (tertiary/aromatic N) is 6. The third-order valence-corrected chi connectivity index (χ3v) is 13.7. The van der Waals surface area contributed by atoms with Gasteiger partial charge in [-0.1, -0.05) is 57.5 Å². The van der Waals surface area contributed by atoms with Crippen LogP contribution in [0.2, 0.25) is 51.4 Å². The van der Waals surface area contributed by atoms with Gasteiger partial charge in [-0.2, -0.15) is 14.7 Å². The van der Waals surface area contributed by atoms with Crippen LogP contribution >= 0.6 is 0 Å². The van der Waals surface area contributed by atoms with E-state index in [2.05, 4.69) is 52.0 Å². The molecule has 3 aromatic heterocycles. The Labute approximate surface area is 335 Å². The van der Waals surface area contributed by atoms with E-state index in [1.165, 1.54) is 0 Å². The Morgan fingerprint density at radius 3 is 2.09 bits per heavy atom. The van der Waals surface area contributed by atoms with Crippen LogP contribution in [0.5, 0.6) is 0 Å². The summed E-state index contributed by atoms with van der Waals surface area (Å²) < 4.78 is 39.0. The number of carbonyl (C=O) groups is 1. The van der Waals surface area contributed by atoms with Gasteiger partial charge in [0.1, 0.15) is 33.7 Å². The monoisotopic (exact) mass is 806 g/mol. The minimum atomic E-state index is -1.31. The molecule has 16 heteroatoms. The van der Waals surface area contributed by atoms with Gasteiger partial charge < -0.3 is 33.3 Å². The highest BCUT2D eigenvalue weighted by atomic mass is 28.3. The number of rotatable bonds is 22. The van der Waals surface area contributed by atoms with Crippen molar-refractivity contribution >= 4 is 46.9 Å². The van der Waals surface area contributed by atoms with Gasteiger partial charge in [0.05, 0.1) is 37.9 Å². The van der Waals surface area contributed by atoms with Crippen LogP contribution in [0.4, 0.5) is 5.82 Å². The maximum absolute atomic E-state index is 13.6. The average Bonchev–Trinajstić information content (AvgIpc) is 3.82. The lowest BCUT2D eigenvalue weighted by Gasteiger charge is -2.38. The van der Waals surface area contributed by atoms with Crippen LogP contribution < -0.4 is 10.4 Å². The molecule has 0 radical (unpaired) electrons.